The van der Waals surface area contributed by atoms with Crippen LogP contribution in [0, 0.1) is 11.8 Å². The van der Waals surface area contributed by atoms with E-state index in [1.807, 2.05) is 0 Å². The highest BCUT2D eigenvalue weighted by Gasteiger charge is 2.44. The third-order valence-electron chi connectivity index (χ3n) is 4.61. The second-order valence-electron chi connectivity index (χ2n) is 6.03. The van der Waals surface area contributed by atoms with Crippen molar-refractivity contribution in [3.63, 3.8) is 0 Å². The van der Waals surface area contributed by atoms with Gasteiger partial charge in [-0.25, -0.2) is 0 Å². The van der Waals surface area contributed by atoms with Crippen LogP contribution in [0.4, 0.5) is 0 Å². The fourth-order valence-corrected chi connectivity index (χ4v) is 3.33. The van der Waals surface area contributed by atoms with E-state index in [1.54, 1.807) is 0 Å². The molecule has 0 aromatic rings. The second kappa shape index (κ2) is 4.97. The number of amides is 1. The van der Waals surface area contributed by atoms with E-state index in [0.717, 1.165) is 45.3 Å². The maximum atomic E-state index is 12.7. The van der Waals surface area contributed by atoms with E-state index < -0.39 is 0 Å². The van der Waals surface area contributed by atoms with Gasteiger partial charge in [-0.3, -0.25) is 4.79 Å². The predicted octanol–water partition coefficient (Wildman–Crippen LogP) is 2.02. The molecule has 0 aromatic carbocycles. The highest BCUT2D eigenvalue weighted by Crippen LogP contribution is 2.31. The molecule has 2 fully saturated rings. The van der Waals surface area contributed by atoms with Crippen LogP contribution >= 0.6 is 0 Å². The van der Waals surface area contributed by atoms with Crippen molar-refractivity contribution in [1.29, 1.82) is 0 Å². The normalized spacial score (nSPS) is 37.7. The standard InChI is InChI=1S/C14H26N2O/c1-4-6-14(7-5-8-15-14)13(17)16-9-11(2)12(3)10-16/h11-12,15H,4-10H2,1-3H3. The van der Waals surface area contributed by atoms with Crippen molar-refractivity contribution in [3.8, 4) is 0 Å². The molecule has 3 heteroatoms. The molecular formula is C14H26N2O. The van der Waals surface area contributed by atoms with Crippen molar-refractivity contribution in [1.82, 2.24) is 10.2 Å². The van der Waals surface area contributed by atoms with Crippen molar-refractivity contribution in [2.45, 2.75) is 52.0 Å². The maximum absolute atomic E-state index is 12.7. The monoisotopic (exact) mass is 238 g/mol. The van der Waals surface area contributed by atoms with Crippen LogP contribution in [0.15, 0.2) is 0 Å². The lowest BCUT2D eigenvalue weighted by Gasteiger charge is -2.32. The molecule has 0 aromatic heterocycles. The van der Waals surface area contributed by atoms with Crippen LogP contribution in [-0.4, -0.2) is 36.0 Å². The second-order valence-corrected chi connectivity index (χ2v) is 6.03. The summed E-state index contributed by atoms with van der Waals surface area (Å²) in [6.07, 6.45) is 4.24. The Hall–Kier alpha value is -0.570. The Morgan fingerprint density at radius 1 is 1.35 bits per heavy atom. The SMILES string of the molecule is CCCC1(C(=O)N2CC(C)C(C)C2)CCCN1. The van der Waals surface area contributed by atoms with Gasteiger partial charge in [0.15, 0.2) is 0 Å². The quantitative estimate of drug-likeness (QED) is 0.816. The van der Waals surface area contributed by atoms with E-state index in [-0.39, 0.29) is 5.54 Å². The van der Waals surface area contributed by atoms with Crippen LogP contribution in [0.2, 0.25) is 0 Å². The van der Waals surface area contributed by atoms with Gasteiger partial charge in [0, 0.05) is 13.1 Å². The molecule has 2 aliphatic rings. The number of hydrogen-bond acceptors (Lipinski definition) is 2. The van der Waals surface area contributed by atoms with Gasteiger partial charge in [-0.15, -0.1) is 0 Å². The molecule has 0 aliphatic carbocycles. The number of likely N-dealkylation sites (tertiary alicyclic amines) is 1. The fraction of sp³-hybridized carbons (Fsp3) is 0.929. The molecule has 2 saturated heterocycles. The number of carbonyl (C=O) groups is 1. The van der Waals surface area contributed by atoms with Gasteiger partial charge in [0.2, 0.25) is 5.91 Å². The van der Waals surface area contributed by atoms with Crippen LogP contribution < -0.4 is 5.32 Å². The van der Waals surface area contributed by atoms with E-state index in [4.69, 9.17) is 0 Å². The molecule has 0 saturated carbocycles. The number of rotatable bonds is 3. The summed E-state index contributed by atoms with van der Waals surface area (Å²) in [5, 5.41) is 3.49. The summed E-state index contributed by atoms with van der Waals surface area (Å²) in [4.78, 5) is 14.8. The average molecular weight is 238 g/mol. The zero-order valence-electron chi connectivity index (χ0n) is 11.5. The first-order valence-corrected chi connectivity index (χ1v) is 7.13. The first-order valence-electron chi connectivity index (χ1n) is 7.13. The van der Waals surface area contributed by atoms with E-state index in [2.05, 4.69) is 31.0 Å². The summed E-state index contributed by atoms with van der Waals surface area (Å²) in [5.41, 5.74) is -0.224. The van der Waals surface area contributed by atoms with E-state index in [9.17, 15) is 4.79 Å². The maximum Gasteiger partial charge on any atom is 0.242 e. The zero-order chi connectivity index (χ0) is 12.5. The highest BCUT2D eigenvalue weighted by molar-refractivity contribution is 5.87. The summed E-state index contributed by atoms with van der Waals surface area (Å²) < 4.78 is 0. The van der Waals surface area contributed by atoms with Crippen LogP contribution in [0.1, 0.15) is 46.5 Å². The van der Waals surface area contributed by atoms with Crippen molar-refractivity contribution in [2.24, 2.45) is 11.8 Å². The molecule has 0 radical (unpaired) electrons. The Kier molecular flexibility index (Phi) is 3.76. The summed E-state index contributed by atoms with van der Waals surface area (Å²) >= 11 is 0. The van der Waals surface area contributed by atoms with Gasteiger partial charge in [-0.05, 0) is 37.6 Å². The van der Waals surface area contributed by atoms with Crippen LogP contribution in [0.5, 0.6) is 0 Å². The Labute approximate surface area is 105 Å². The fourth-order valence-electron chi connectivity index (χ4n) is 3.33. The molecule has 1 amide bonds. The van der Waals surface area contributed by atoms with E-state index >= 15 is 0 Å². The molecule has 98 valence electrons. The predicted molar refractivity (Wildman–Crippen MR) is 69.8 cm³/mol. The van der Waals surface area contributed by atoms with Gasteiger partial charge in [-0.2, -0.15) is 0 Å². The molecule has 2 heterocycles. The number of hydrogen-bond donors (Lipinski definition) is 1. The molecule has 3 atom stereocenters. The van der Waals surface area contributed by atoms with Gasteiger partial charge >= 0.3 is 0 Å². The molecule has 1 N–H and O–H groups in total. The van der Waals surface area contributed by atoms with Crippen molar-refractivity contribution in [3.05, 3.63) is 0 Å². The molecular weight excluding hydrogens is 212 g/mol. The Morgan fingerprint density at radius 3 is 2.47 bits per heavy atom. The molecule has 0 spiro atoms. The topological polar surface area (TPSA) is 32.3 Å². The average Bonchev–Trinajstić information content (AvgIpc) is 2.88. The molecule has 2 rings (SSSR count). The van der Waals surface area contributed by atoms with Crippen LogP contribution in [0.3, 0.4) is 0 Å². The van der Waals surface area contributed by atoms with Gasteiger partial charge in [-0.1, -0.05) is 27.2 Å². The first-order chi connectivity index (χ1) is 8.09. The molecule has 0 bridgehead atoms. The molecule has 17 heavy (non-hydrogen) atoms. The van der Waals surface area contributed by atoms with Crippen LogP contribution in [0.25, 0.3) is 0 Å². The van der Waals surface area contributed by atoms with Gasteiger partial charge < -0.3 is 10.2 Å². The van der Waals surface area contributed by atoms with Gasteiger partial charge in [0.1, 0.15) is 0 Å². The number of nitrogens with zero attached hydrogens (tertiary/aromatic N) is 1. The summed E-state index contributed by atoms with van der Waals surface area (Å²) in [6.45, 7) is 9.59. The molecule has 2 aliphatic heterocycles. The lowest BCUT2D eigenvalue weighted by atomic mass is 9.90. The minimum atomic E-state index is -0.224. The summed E-state index contributed by atoms with van der Waals surface area (Å²) in [6, 6.07) is 0. The van der Waals surface area contributed by atoms with Gasteiger partial charge in [0.05, 0.1) is 5.54 Å². The van der Waals surface area contributed by atoms with Crippen LogP contribution in [-0.2, 0) is 4.79 Å². The first kappa shape index (κ1) is 12.9. The van der Waals surface area contributed by atoms with Crippen molar-refractivity contribution < 1.29 is 4.79 Å². The number of carbonyl (C=O) groups excluding carboxylic acids is 1. The third kappa shape index (κ3) is 2.35. The Bertz CT molecular complexity index is 274. The zero-order valence-corrected chi connectivity index (χ0v) is 11.5. The minimum absolute atomic E-state index is 0.224. The Balaban J connectivity index is 2.07. The minimum Gasteiger partial charge on any atom is -0.341 e. The Morgan fingerprint density at radius 2 is 2.00 bits per heavy atom. The molecule has 3 nitrogen and oxygen atoms in total. The third-order valence-corrected chi connectivity index (χ3v) is 4.61. The smallest absolute Gasteiger partial charge is 0.242 e. The van der Waals surface area contributed by atoms with E-state index in [0.29, 0.717) is 17.7 Å². The van der Waals surface area contributed by atoms with Crippen molar-refractivity contribution in [2.75, 3.05) is 19.6 Å². The largest absolute Gasteiger partial charge is 0.341 e. The lowest BCUT2D eigenvalue weighted by Crippen LogP contribution is -2.54. The summed E-state index contributed by atoms with van der Waals surface area (Å²) in [5.74, 6) is 1.67. The molecule has 3 unspecified atom stereocenters. The number of nitrogens with one attached hydrogen (secondary N) is 1. The van der Waals surface area contributed by atoms with Crippen molar-refractivity contribution >= 4 is 5.91 Å². The lowest BCUT2D eigenvalue weighted by molar-refractivity contribution is -0.137. The summed E-state index contributed by atoms with van der Waals surface area (Å²) in [7, 11) is 0. The highest BCUT2D eigenvalue weighted by atomic mass is 16.2. The van der Waals surface area contributed by atoms with Gasteiger partial charge in [0.25, 0.3) is 0 Å². The van der Waals surface area contributed by atoms with E-state index in [1.165, 1.54) is 0 Å².